The van der Waals surface area contributed by atoms with Crippen LogP contribution in [0.4, 0.5) is 4.39 Å². The van der Waals surface area contributed by atoms with Crippen molar-refractivity contribution < 1.29 is 9.13 Å². The molecule has 1 aromatic heterocycles. The second-order valence-electron chi connectivity index (χ2n) is 4.88. The third-order valence-corrected chi connectivity index (χ3v) is 3.11. The van der Waals surface area contributed by atoms with Crippen molar-refractivity contribution >= 4 is 0 Å². The fourth-order valence-corrected chi connectivity index (χ4v) is 2.17. The minimum Gasteiger partial charge on any atom is -0.379 e. The molecule has 1 fully saturated rings. The third-order valence-electron chi connectivity index (χ3n) is 3.11. The van der Waals surface area contributed by atoms with E-state index < -0.39 is 5.67 Å². The molecule has 0 spiro atoms. The van der Waals surface area contributed by atoms with Gasteiger partial charge in [0.15, 0.2) is 0 Å². The predicted octanol–water partition coefficient (Wildman–Crippen LogP) is 1.95. The molecular weight excluding hydrogens is 219 g/mol. The van der Waals surface area contributed by atoms with Crippen LogP contribution in [0.3, 0.4) is 0 Å². The second kappa shape index (κ2) is 5.10. The SMILES string of the molecule is Cc1cncc(C(C)(F)CC2COCCN2)c1. The van der Waals surface area contributed by atoms with E-state index in [9.17, 15) is 4.39 Å². The Hall–Kier alpha value is -1.00. The maximum atomic E-state index is 14.7. The van der Waals surface area contributed by atoms with Crippen molar-refractivity contribution in [1.29, 1.82) is 0 Å². The number of aryl methyl sites for hydroxylation is 1. The molecule has 0 radical (unpaired) electrons. The van der Waals surface area contributed by atoms with Crippen LogP contribution in [0.1, 0.15) is 24.5 Å². The molecule has 3 nitrogen and oxygen atoms in total. The number of halogens is 1. The number of nitrogens with zero attached hydrogens (tertiary/aromatic N) is 1. The number of pyridine rings is 1. The number of hydrogen-bond donors (Lipinski definition) is 1. The van der Waals surface area contributed by atoms with Crippen molar-refractivity contribution in [3.05, 3.63) is 29.6 Å². The summed E-state index contributed by atoms with van der Waals surface area (Å²) in [5, 5.41) is 3.27. The zero-order valence-electron chi connectivity index (χ0n) is 10.4. The Morgan fingerprint density at radius 1 is 1.59 bits per heavy atom. The summed E-state index contributed by atoms with van der Waals surface area (Å²) in [4.78, 5) is 4.05. The van der Waals surface area contributed by atoms with E-state index in [2.05, 4.69) is 10.3 Å². The van der Waals surface area contributed by atoms with Gasteiger partial charge in [-0.3, -0.25) is 4.98 Å². The highest BCUT2D eigenvalue weighted by Gasteiger charge is 2.31. The fraction of sp³-hybridized carbons (Fsp3) is 0.615. The lowest BCUT2D eigenvalue weighted by Gasteiger charge is -2.30. The van der Waals surface area contributed by atoms with Crippen LogP contribution in [0.15, 0.2) is 18.5 Å². The van der Waals surface area contributed by atoms with Crippen LogP contribution in [0.5, 0.6) is 0 Å². The minimum atomic E-state index is -1.36. The van der Waals surface area contributed by atoms with Gasteiger partial charge in [-0.1, -0.05) is 0 Å². The van der Waals surface area contributed by atoms with Crippen LogP contribution in [-0.2, 0) is 10.4 Å². The highest BCUT2D eigenvalue weighted by molar-refractivity contribution is 5.22. The highest BCUT2D eigenvalue weighted by atomic mass is 19.1. The number of hydrogen-bond acceptors (Lipinski definition) is 3. The minimum absolute atomic E-state index is 0.0827. The van der Waals surface area contributed by atoms with E-state index in [4.69, 9.17) is 4.74 Å². The van der Waals surface area contributed by atoms with E-state index in [1.807, 2.05) is 13.0 Å². The first-order valence-electron chi connectivity index (χ1n) is 6.00. The molecule has 1 N–H and O–H groups in total. The summed E-state index contributed by atoms with van der Waals surface area (Å²) in [5.74, 6) is 0. The van der Waals surface area contributed by atoms with Crippen molar-refractivity contribution in [2.24, 2.45) is 0 Å². The van der Waals surface area contributed by atoms with Gasteiger partial charge in [-0.25, -0.2) is 4.39 Å². The topological polar surface area (TPSA) is 34.1 Å². The van der Waals surface area contributed by atoms with Gasteiger partial charge in [0.2, 0.25) is 0 Å². The smallest absolute Gasteiger partial charge is 0.136 e. The highest BCUT2D eigenvalue weighted by Crippen LogP contribution is 2.30. The Labute approximate surface area is 101 Å². The normalized spacial score (nSPS) is 24.3. The van der Waals surface area contributed by atoms with Crippen molar-refractivity contribution in [2.75, 3.05) is 19.8 Å². The van der Waals surface area contributed by atoms with Gasteiger partial charge in [0.1, 0.15) is 5.67 Å². The lowest BCUT2D eigenvalue weighted by molar-refractivity contribution is 0.0473. The van der Waals surface area contributed by atoms with E-state index in [-0.39, 0.29) is 6.04 Å². The van der Waals surface area contributed by atoms with Crippen LogP contribution in [-0.4, -0.2) is 30.8 Å². The van der Waals surface area contributed by atoms with E-state index in [1.165, 1.54) is 0 Å². The summed E-state index contributed by atoms with van der Waals surface area (Å²) >= 11 is 0. The van der Waals surface area contributed by atoms with Crippen molar-refractivity contribution in [3.63, 3.8) is 0 Å². The van der Waals surface area contributed by atoms with Gasteiger partial charge in [0.25, 0.3) is 0 Å². The summed E-state index contributed by atoms with van der Waals surface area (Å²) in [6, 6.07) is 1.94. The van der Waals surface area contributed by atoms with Gasteiger partial charge in [-0.05, 0) is 25.5 Å². The zero-order valence-corrected chi connectivity index (χ0v) is 10.4. The van der Waals surface area contributed by atoms with Crippen LogP contribution < -0.4 is 5.32 Å². The summed E-state index contributed by atoms with van der Waals surface area (Å²) in [6.07, 6.45) is 3.76. The second-order valence-corrected chi connectivity index (χ2v) is 4.88. The first-order chi connectivity index (χ1) is 8.08. The zero-order chi connectivity index (χ0) is 12.3. The number of alkyl halides is 1. The van der Waals surface area contributed by atoms with Crippen molar-refractivity contribution in [3.8, 4) is 0 Å². The van der Waals surface area contributed by atoms with Gasteiger partial charge < -0.3 is 10.1 Å². The summed E-state index contributed by atoms with van der Waals surface area (Å²) < 4.78 is 20.0. The maximum Gasteiger partial charge on any atom is 0.136 e. The molecule has 17 heavy (non-hydrogen) atoms. The molecule has 2 heterocycles. The average molecular weight is 238 g/mol. The number of aromatic nitrogens is 1. The molecule has 2 rings (SSSR count). The molecule has 4 heteroatoms. The average Bonchev–Trinajstić information content (AvgIpc) is 2.30. The lowest BCUT2D eigenvalue weighted by Crippen LogP contribution is -2.44. The molecule has 2 atom stereocenters. The van der Waals surface area contributed by atoms with Crippen LogP contribution in [0.2, 0.25) is 0 Å². The molecule has 1 aliphatic rings. The van der Waals surface area contributed by atoms with Crippen molar-refractivity contribution in [2.45, 2.75) is 32.0 Å². The molecule has 0 aromatic carbocycles. The molecule has 1 aromatic rings. The van der Waals surface area contributed by atoms with Gasteiger partial charge in [-0.2, -0.15) is 0 Å². The summed E-state index contributed by atoms with van der Waals surface area (Å²) in [7, 11) is 0. The molecule has 0 bridgehead atoms. The molecule has 94 valence electrons. The fourth-order valence-electron chi connectivity index (χ4n) is 2.17. The quantitative estimate of drug-likeness (QED) is 0.874. The molecule has 0 saturated carbocycles. The standard InChI is InChI=1S/C13H19FN2O/c1-10-5-11(8-15-7-10)13(2,14)6-12-9-17-4-3-16-12/h5,7-8,12,16H,3-4,6,9H2,1-2H3. The Bertz CT molecular complexity index is 375. The Balaban J connectivity index is 2.06. The number of ether oxygens (including phenoxy) is 1. The molecule has 1 aliphatic heterocycles. The monoisotopic (exact) mass is 238 g/mol. The Morgan fingerprint density at radius 3 is 3.06 bits per heavy atom. The first kappa shape index (κ1) is 12.5. The molecule has 2 unspecified atom stereocenters. The number of nitrogens with one attached hydrogen (secondary N) is 1. The van der Waals surface area contributed by atoms with E-state index in [1.54, 1.807) is 19.3 Å². The Kier molecular flexibility index (Phi) is 3.74. The van der Waals surface area contributed by atoms with Crippen LogP contribution in [0, 0.1) is 6.92 Å². The van der Waals surface area contributed by atoms with Gasteiger partial charge in [0, 0.05) is 37.0 Å². The lowest BCUT2D eigenvalue weighted by atomic mass is 9.91. The van der Waals surface area contributed by atoms with E-state index in [0.717, 1.165) is 12.1 Å². The van der Waals surface area contributed by atoms with Gasteiger partial charge >= 0.3 is 0 Å². The van der Waals surface area contributed by atoms with Gasteiger partial charge in [0.05, 0.1) is 13.2 Å². The maximum absolute atomic E-state index is 14.7. The van der Waals surface area contributed by atoms with Crippen LogP contribution >= 0.6 is 0 Å². The summed E-state index contributed by atoms with van der Waals surface area (Å²) in [6.45, 7) is 5.63. The predicted molar refractivity (Wildman–Crippen MR) is 64.7 cm³/mol. The van der Waals surface area contributed by atoms with Crippen molar-refractivity contribution in [1.82, 2.24) is 10.3 Å². The molecular formula is C13H19FN2O. The number of rotatable bonds is 3. The Morgan fingerprint density at radius 2 is 2.41 bits per heavy atom. The van der Waals surface area contributed by atoms with Gasteiger partial charge in [-0.15, -0.1) is 0 Å². The van der Waals surface area contributed by atoms with E-state index in [0.29, 0.717) is 25.2 Å². The molecule has 0 aliphatic carbocycles. The van der Waals surface area contributed by atoms with Crippen LogP contribution in [0.25, 0.3) is 0 Å². The first-order valence-corrected chi connectivity index (χ1v) is 6.00. The largest absolute Gasteiger partial charge is 0.379 e. The number of morpholine rings is 1. The summed E-state index contributed by atoms with van der Waals surface area (Å²) in [5.41, 5.74) is 0.265. The molecule has 1 saturated heterocycles. The van der Waals surface area contributed by atoms with E-state index >= 15 is 0 Å². The molecule has 0 amide bonds. The third kappa shape index (κ3) is 3.23.